The van der Waals surface area contributed by atoms with E-state index >= 15 is 0 Å². The van der Waals surface area contributed by atoms with E-state index in [1.54, 1.807) is 14.2 Å². The summed E-state index contributed by atoms with van der Waals surface area (Å²) in [4.78, 5) is 2.48. The predicted molar refractivity (Wildman–Crippen MR) is 158 cm³/mol. The molecule has 0 aliphatic carbocycles. The van der Waals surface area contributed by atoms with Gasteiger partial charge in [0.2, 0.25) is 12.5 Å². The Morgan fingerprint density at radius 2 is 1.36 bits per heavy atom. The van der Waals surface area contributed by atoms with Gasteiger partial charge in [0.15, 0.2) is 29.2 Å². The largest absolute Gasteiger partial charge is 0.493 e. The summed E-state index contributed by atoms with van der Waals surface area (Å²) in [5, 5.41) is 0. The number of fused-ring (bicyclic) bond motifs is 2. The van der Waals surface area contributed by atoms with Crippen LogP contribution in [0, 0.1) is 5.92 Å². The van der Waals surface area contributed by atoms with Crippen molar-refractivity contribution in [3.8, 4) is 34.5 Å². The molecule has 0 spiro atoms. The second-order valence-corrected chi connectivity index (χ2v) is 8.73. The van der Waals surface area contributed by atoms with E-state index in [0.29, 0.717) is 23.9 Å². The molecule has 3 atom stereocenters. The summed E-state index contributed by atoms with van der Waals surface area (Å²) in [6.45, 7) is 19.1. The van der Waals surface area contributed by atoms with E-state index < -0.39 is 0 Å². The van der Waals surface area contributed by atoms with Crippen LogP contribution in [0.5, 0.6) is 34.5 Å². The van der Waals surface area contributed by atoms with E-state index in [1.807, 2.05) is 54.5 Å². The summed E-state index contributed by atoms with van der Waals surface area (Å²) < 4.78 is 35.4. The lowest BCUT2D eigenvalue weighted by Crippen LogP contribution is -2.47. The van der Waals surface area contributed by atoms with Crippen LogP contribution in [0.2, 0.25) is 0 Å². The maximum Gasteiger partial charge on any atom is 0.231 e. The van der Waals surface area contributed by atoms with E-state index in [4.69, 9.17) is 28.4 Å². The first-order chi connectivity index (χ1) is 19.2. The zero-order valence-corrected chi connectivity index (χ0v) is 25.9. The standard InChI is InChI=1S/C26H33NO6.3C2H6/c1-5-17-24(16-11-22(28-3)25(30-6-2)23(12-16)29-4)18-13-20-21(32-15-31-20)14-19(18)33-26(17)27-9-7-8-10-27;3*1-2/h11-14,17,24,26H,5-10,15H2,1-4H3;3*1-2H3. The van der Waals surface area contributed by atoms with Gasteiger partial charge in [-0.25, -0.2) is 0 Å². The van der Waals surface area contributed by atoms with Gasteiger partial charge in [-0.3, -0.25) is 4.90 Å². The van der Waals surface area contributed by atoms with Gasteiger partial charge in [0.25, 0.3) is 0 Å². The summed E-state index contributed by atoms with van der Waals surface area (Å²) in [5.74, 6) is 4.68. The Hall–Kier alpha value is -2.80. The van der Waals surface area contributed by atoms with Gasteiger partial charge in [-0.1, -0.05) is 48.5 Å². The Balaban J connectivity index is 0.000000833. The second-order valence-electron chi connectivity index (χ2n) is 8.73. The van der Waals surface area contributed by atoms with Crippen LogP contribution in [0.1, 0.15) is 91.7 Å². The first-order valence-corrected chi connectivity index (χ1v) is 14.9. The number of nitrogens with zero attached hydrogens (tertiary/aromatic N) is 1. The molecule has 5 rings (SSSR count). The van der Waals surface area contributed by atoms with Crippen LogP contribution in [-0.4, -0.2) is 51.8 Å². The van der Waals surface area contributed by atoms with Crippen LogP contribution in [0.25, 0.3) is 0 Å². The van der Waals surface area contributed by atoms with E-state index in [-0.39, 0.29) is 24.9 Å². The highest BCUT2D eigenvalue weighted by Gasteiger charge is 2.43. The van der Waals surface area contributed by atoms with Crippen molar-refractivity contribution in [3.63, 3.8) is 0 Å². The van der Waals surface area contributed by atoms with Crippen molar-refractivity contribution in [3.05, 3.63) is 35.4 Å². The zero-order valence-electron chi connectivity index (χ0n) is 25.9. The van der Waals surface area contributed by atoms with Crippen LogP contribution < -0.4 is 28.4 Å². The van der Waals surface area contributed by atoms with E-state index in [2.05, 4.69) is 30.0 Å². The number of rotatable bonds is 7. The molecule has 3 heterocycles. The fraction of sp³-hybridized carbons (Fsp3) is 0.625. The first-order valence-electron chi connectivity index (χ1n) is 14.9. The summed E-state index contributed by atoms with van der Waals surface area (Å²) in [7, 11) is 3.34. The van der Waals surface area contributed by atoms with E-state index in [0.717, 1.165) is 47.9 Å². The van der Waals surface area contributed by atoms with Crippen molar-refractivity contribution in [2.24, 2.45) is 5.92 Å². The number of hydrogen-bond acceptors (Lipinski definition) is 7. The van der Waals surface area contributed by atoms with Crippen molar-refractivity contribution in [1.29, 1.82) is 0 Å². The van der Waals surface area contributed by atoms with Gasteiger partial charge in [0.1, 0.15) is 5.75 Å². The van der Waals surface area contributed by atoms with E-state index in [1.165, 1.54) is 12.8 Å². The van der Waals surface area contributed by atoms with Crippen molar-refractivity contribution < 1.29 is 28.4 Å². The fourth-order valence-electron chi connectivity index (χ4n) is 5.47. The molecule has 2 aromatic rings. The number of ether oxygens (including phenoxy) is 6. The molecule has 0 saturated carbocycles. The van der Waals surface area contributed by atoms with Crippen molar-refractivity contribution in [1.82, 2.24) is 4.90 Å². The predicted octanol–water partition coefficient (Wildman–Crippen LogP) is 7.88. The van der Waals surface area contributed by atoms with Crippen LogP contribution in [0.15, 0.2) is 24.3 Å². The van der Waals surface area contributed by atoms with Crippen LogP contribution in [0.3, 0.4) is 0 Å². The molecule has 0 bridgehead atoms. The molecule has 1 saturated heterocycles. The molecular weight excluding hydrogens is 494 g/mol. The Kier molecular flexibility index (Phi) is 13.6. The molecule has 0 N–H and O–H groups in total. The van der Waals surface area contributed by atoms with Gasteiger partial charge < -0.3 is 28.4 Å². The van der Waals surface area contributed by atoms with Crippen molar-refractivity contribution >= 4 is 0 Å². The van der Waals surface area contributed by atoms with Gasteiger partial charge >= 0.3 is 0 Å². The van der Waals surface area contributed by atoms with Gasteiger partial charge in [-0.2, -0.15) is 0 Å². The average Bonchev–Trinajstić information content (AvgIpc) is 3.71. The van der Waals surface area contributed by atoms with Crippen LogP contribution in [-0.2, 0) is 0 Å². The lowest BCUT2D eigenvalue weighted by molar-refractivity contribution is -0.0257. The molecular formula is C32H51NO6. The molecule has 3 unspecified atom stereocenters. The summed E-state index contributed by atoms with van der Waals surface area (Å²) in [5.41, 5.74) is 2.22. The van der Waals surface area contributed by atoms with Gasteiger partial charge in [0.05, 0.1) is 20.8 Å². The summed E-state index contributed by atoms with van der Waals surface area (Å²) in [6, 6.07) is 8.24. The van der Waals surface area contributed by atoms with Crippen LogP contribution >= 0.6 is 0 Å². The van der Waals surface area contributed by atoms with E-state index in [9.17, 15) is 0 Å². The van der Waals surface area contributed by atoms with Crippen LogP contribution in [0.4, 0.5) is 0 Å². The quantitative estimate of drug-likeness (QED) is 0.351. The molecule has 39 heavy (non-hydrogen) atoms. The maximum absolute atomic E-state index is 6.67. The Morgan fingerprint density at radius 3 is 1.87 bits per heavy atom. The number of benzene rings is 2. The third-order valence-corrected chi connectivity index (χ3v) is 6.98. The topological polar surface area (TPSA) is 58.6 Å². The number of hydrogen-bond donors (Lipinski definition) is 0. The highest BCUT2D eigenvalue weighted by Crippen LogP contribution is 2.52. The molecule has 7 nitrogen and oxygen atoms in total. The summed E-state index contributed by atoms with van der Waals surface area (Å²) in [6.07, 6.45) is 3.38. The molecule has 0 aromatic heterocycles. The highest BCUT2D eigenvalue weighted by molar-refractivity contribution is 5.60. The Labute approximate surface area is 236 Å². The maximum atomic E-state index is 6.67. The number of likely N-dealkylation sites (tertiary alicyclic amines) is 1. The number of methoxy groups -OCH3 is 2. The third kappa shape index (κ3) is 6.86. The lowest BCUT2D eigenvalue weighted by atomic mass is 9.75. The minimum Gasteiger partial charge on any atom is -0.493 e. The molecule has 1 fully saturated rings. The highest BCUT2D eigenvalue weighted by atomic mass is 16.7. The lowest BCUT2D eigenvalue weighted by Gasteiger charge is -2.43. The minimum absolute atomic E-state index is 0.000991. The normalized spacial score (nSPS) is 20.5. The first kappa shape index (κ1) is 32.4. The molecule has 0 amide bonds. The summed E-state index contributed by atoms with van der Waals surface area (Å²) >= 11 is 0. The zero-order chi connectivity index (χ0) is 28.9. The molecule has 3 aliphatic rings. The minimum atomic E-state index is -0.000991. The molecule has 7 heteroatoms. The molecule has 0 radical (unpaired) electrons. The van der Waals surface area contributed by atoms with Crippen molar-refractivity contribution in [2.45, 2.75) is 86.8 Å². The third-order valence-electron chi connectivity index (χ3n) is 6.98. The Morgan fingerprint density at radius 1 is 0.795 bits per heavy atom. The van der Waals surface area contributed by atoms with Crippen molar-refractivity contribution in [2.75, 3.05) is 40.7 Å². The molecule has 3 aliphatic heterocycles. The van der Waals surface area contributed by atoms with Gasteiger partial charge in [-0.15, -0.1) is 0 Å². The molecule has 2 aromatic carbocycles. The van der Waals surface area contributed by atoms with Gasteiger partial charge in [0, 0.05) is 36.6 Å². The smallest absolute Gasteiger partial charge is 0.231 e. The Bertz CT molecular complexity index is 979. The second kappa shape index (κ2) is 16.3. The fourth-order valence-corrected chi connectivity index (χ4v) is 5.47. The molecule has 220 valence electrons. The van der Waals surface area contributed by atoms with Gasteiger partial charge in [-0.05, 0) is 49.9 Å². The average molecular weight is 546 g/mol. The SMILES string of the molecule is CC.CC.CC.CCOc1c(OC)cc(C2c3cc4c(cc3OC(N3CCCC3)C2CC)OCO4)cc1OC. The monoisotopic (exact) mass is 545 g/mol.